The molecule has 0 unspecified atom stereocenters. The second-order valence-electron chi connectivity index (χ2n) is 5.75. The van der Waals surface area contributed by atoms with E-state index in [2.05, 4.69) is 10.5 Å². The van der Waals surface area contributed by atoms with Crippen molar-refractivity contribution in [3.8, 4) is 17.2 Å². The van der Waals surface area contributed by atoms with Crippen LogP contribution in [0.4, 0.5) is 0 Å². The Bertz CT molecular complexity index is 953. The van der Waals surface area contributed by atoms with Crippen molar-refractivity contribution in [1.82, 2.24) is 9.99 Å². The third-order valence-corrected chi connectivity index (χ3v) is 4.08. The van der Waals surface area contributed by atoms with Crippen LogP contribution in [-0.4, -0.2) is 38.0 Å². The van der Waals surface area contributed by atoms with Crippen molar-refractivity contribution in [2.45, 2.75) is 6.54 Å². The Labute approximate surface area is 157 Å². The summed E-state index contributed by atoms with van der Waals surface area (Å²) in [5.74, 6) is 1.31. The highest BCUT2D eigenvalue weighted by molar-refractivity contribution is 5.85. The first-order chi connectivity index (χ1) is 13.2. The lowest BCUT2D eigenvalue weighted by molar-refractivity contribution is -0.121. The van der Waals surface area contributed by atoms with Gasteiger partial charge in [0.05, 0.1) is 27.5 Å². The second kappa shape index (κ2) is 8.27. The van der Waals surface area contributed by atoms with Gasteiger partial charge < -0.3 is 18.8 Å². The highest BCUT2D eigenvalue weighted by Gasteiger charge is 2.12. The molecule has 0 spiro atoms. The van der Waals surface area contributed by atoms with Gasteiger partial charge in [-0.1, -0.05) is 18.2 Å². The summed E-state index contributed by atoms with van der Waals surface area (Å²) in [5.41, 5.74) is 4.24. The van der Waals surface area contributed by atoms with Crippen molar-refractivity contribution >= 4 is 23.0 Å². The van der Waals surface area contributed by atoms with E-state index >= 15 is 0 Å². The molecule has 1 heterocycles. The van der Waals surface area contributed by atoms with Gasteiger partial charge in [0.2, 0.25) is 5.75 Å². The molecule has 3 rings (SSSR count). The summed E-state index contributed by atoms with van der Waals surface area (Å²) in [6, 6.07) is 13.4. The number of benzene rings is 2. The number of fused-ring (bicyclic) bond motifs is 1. The Morgan fingerprint density at radius 1 is 1.07 bits per heavy atom. The minimum Gasteiger partial charge on any atom is -0.493 e. The lowest BCUT2D eigenvalue weighted by Gasteiger charge is -2.12. The van der Waals surface area contributed by atoms with Gasteiger partial charge in [0.15, 0.2) is 11.5 Å². The largest absolute Gasteiger partial charge is 0.493 e. The highest BCUT2D eigenvalue weighted by atomic mass is 16.5. The number of methoxy groups -OCH3 is 3. The van der Waals surface area contributed by atoms with Gasteiger partial charge in [-0.25, -0.2) is 5.43 Å². The summed E-state index contributed by atoms with van der Waals surface area (Å²) in [6.07, 6.45) is 3.41. The van der Waals surface area contributed by atoms with Gasteiger partial charge >= 0.3 is 0 Å². The fourth-order valence-electron chi connectivity index (χ4n) is 2.82. The first kappa shape index (κ1) is 18.3. The maximum absolute atomic E-state index is 12.2. The van der Waals surface area contributed by atoms with Crippen molar-refractivity contribution in [2.24, 2.45) is 5.10 Å². The zero-order chi connectivity index (χ0) is 19.2. The molecule has 3 aromatic rings. The molecule has 7 heteroatoms. The molecule has 140 valence electrons. The van der Waals surface area contributed by atoms with Gasteiger partial charge in [-0.3, -0.25) is 4.79 Å². The third-order valence-electron chi connectivity index (χ3n) is 4.08. The van der Waals surface area contributed by atoms with Crippen LogP contribution in [-0.2, 0) is 11.3 Å². The van der Waals surface area contributed by atoms with Gasteiger partial charge in [0, 0.05) is 17.3 Å². The average Bonchev–Trinajstić information content (AvgIpc) is 3.10. The van der Waals surface area contributed by atoms with Crippen LogP contribution in [0.5, 0.6) is 17.2 Å². The Balaban J connectivity index is 1.69. The van der Waals surface area contributed by atoms with Gasteiger partial charge in [-0.2, -0.15) is 5.10 Å². The number of carbonyl (C=O) groups is 1. The predicted octanol–water partition coefficient (Wildman–Crippen LogP) is 2.82. The van der Waals surface area contributed by atoms with Crippen molar-refractivity contribution < 1.29 is 19.0 Å². The number of carbonyl (C=O) groups excluding carboxylic acids is 1. The van der Waals surface area contributed by atoms with Crippen molar-refractivity contribution in [3.05, 3.63) is 54.2 Å². The number of amides is 1. The standard InChI is InChI=1S/C20H21N3O4/c1-25-17-10-14(11-18(26-2)20(17)27-3)12-21-22-19(24)13-23-9-8-15-6-4-5-7-16(15)23/h4-12H,13H2,1-3H3,(H,22,24)/b21-12+. The molecule has 0 radical (unpaired) electrons. The molecule has 0 bridgehead atoms. The number of ether oxygens (including phenoxy) is 3. The quantitative estimate of drug-likeness (QED) is 0.515. The number of para-hydroxylation sites is 1. The molecular formula is C20H21N3O4. The number of hydrazone groups is 1. The number of hydrogen-bond acceptors (Lipinski definition) is 5. The maximum Gasteiger partial charge on any atom is 0.259 e. The van der Waals surface area contributed by atoms with E-state index in [1.807, 2.05) is 41.1 Å². The lowest BCUT2D eigenvalue weighted by Crippen LogP contribution is -2.22. The van der Waals surface area contributed by atoms with E-state index in [1.54, 1.807) is 33.5 Å². The van der Waals surface area contributed by atoms with E-state index in [0.717, 1.165) is 10.9 Å². The highest BCUT2D eigenvalue weighted by Crippen LogP contribution is 2.37. The van der Waals surface area contributed by atoms with Crippen LogP contribution in [0.3, 0.4) is 0 Å². The SMILES string of the molecule is COc1cc(/C=N/NC(=O)Cn2ccc3ccccc32)cc(OC)c1OC. The summed E-state index contributed by atoms with van der Waals surface area (Å²) in [6.45, 7) is 0.181. The summed E-state index contributed by atoms with van der Waals surface area (Å²) < 4.78 is 17.8. The van der Waals surface area contributed by atoms with Crippen LogP contribution in [0.15, 0.2) is 53.8 Å². The summed E-state index contributed by atoms with van der Waals surface area (Å²) in [5, 5.41) is 5.11. The maximum atomic E-state index is 12.2. The number of nitrogens with zero attached hydrogens (tertiary/aromatic N) is 2. The molecule has 0 fully saturated rings. The fourth-order valence-corrected chi connectivity index (χ4v) is 2.82. The molecule has 27 heavy (non-hydrogen) atoms. The number of aromatic nitrogens is 1. The normalized spacial score (nSPS) is 10.9. The second-order valence-corrected chi connectivity index (χ2v) is 5.75. The molecule has 0 saturated carbocycles. The monoisotopic (exact) mass is 367 g/mol. The van der Waals surface area contributed by atoms with Crippen LogP contribution in [0, 0.1) is 0 Å². The summed E-state index contributed by atoms with van der Waals surface area (Å²) in [7, 11) is 4.63. The van der Waals surface area contributed by atoms with E-state index in [0.29, 0.717) is 22.8 Å². The molecule has 0 atom stereocenters. The van der Waals surface area contributed by atoms with Gasteiger partial charge in [0.1, 0.15) is 6.54 Å². The van der Waals surface area contributed by atoms with Crippen molar-refractivity contribution in [3.63, 3.8) is 0 Å². The van der Waals surface area contributed by atoms with Gasteiger partial charge in [0.25, 0.3) is 5.91 Å². The van der Waals surface area contributed by atoms with Crippen LogP contribution in [0.25, 0.3) is 10.9 Å². The number of nitrogens with one attached hydrogen (secondary N) is 1. The van der Waals surface area contributed by atoms with Crippen molar-refractivity contribution in [2.75, 3.05) is 21.3 Å². The molecule has 1 aromatic heterocycles. The lowest BCUT2D eigenvalue weighted by atomic mass is 10.2. The minimum atomic E-state index is -0.222. The van der Waals surface area contributed by atoms with Crippen LogP contribution >= 0.6 is 0 Å². The molecule has 0 aliphatic heterocycles. The van der Waals surface area contributed by atoms with Gasteiger partial charge in [-0.15, -0.1) is 0 Å². The molecule has 1 amide bonds. The van der Waals surface area contributed by atoms with Crippen LogP contribution < -0.4 is 19.6 Å². The zero-order valence-corrected chi connectivity index (χ0v) is 15.4. The number of hydrogen-bond donors (Lipinski definition) is 1. The predicted molar refractivity (Wildman–Crippen MR) is 104 cm³/mol. The molecule has 2 aromatic carbocycles. The summed E-state index contributed by atoms with van der Waals surface area (Å²) >= 11 is 0. The molecule has 0 aliphatic carbocycles. The number of rotatable bonds is 7. The van der Waals surface area contributed by atoms with Crippen LogP contribution in [0.2, 0.25) is 0 Å². The average molecular weight is 367 g/mol. The first-order valence-corrected chi connectivity index (χ1v) is 8.32. The van der Waals surface area contributed by atoms with E-state index in [-0.39, 0.29) is 12.5 Å². The van der Waals surface area contributed by atoms with E-state index in [1.165, 1.54) is 6.21 Å². The molecular weight excluding hydrogens is 346 g/mol. The van der Waals surface area contributed by atoms with E-state index in [9.17, 15) is 4.79 Å². The van der Waals surface area contributed by atoms with E-state index in [4.69, 9.17) is 14.2 Å². The van der Waals surface area contributed by atoms with Crippen LogP contribution in [0.1, 0.15) is 5.56 Å². The first-order valence-electron chi connectivity index (χ1n) is 8.32. The summed E-state index contributed by atoms with van der Waals surface area (Å²) in [4.78, 5) is 12.2. The topological polar surface area (TPSA) is 74.1 Å². The fraction of sp³-hybridized carbons (Fsp3) is 0.200. The smallest absolute Gasteiger partial charge is 0.259 e. The van der Waals surface area contributed by atoms with Gasteiger partial charge in [-0.05, 0) is 29.7 Å². The van der Waals surface area contributed by atoms with Crippen molar-refractivity contribution in [1.29, 1.82) is 0 Å². The molecule has 1 N–H and O–H groups in total. The third kappa shape index (κ3) is 4.03. The Hall–Kier alpha value is -3.48. The molecule has 7 nitrogen and oxygen atoms in total. The molecule has 0 saturated heterocycles. The minimum absolute atomic E-state index is 0.181. The molecule has 0 aliphatic rings. The zero-order valence-electron chi connectivity index (χ0n) is 15.4. The Kier molecular flexibility index (Phi) is 5.61. The Morgan fingerprint density at radius 2 is 1.78 bits per heavy atom. The Morgan fingerprint density at radius 3 is 2.44 bits per heavy atom. The van der Waals surface area contributed by atoms with E-state index < -0.39 is 0 Å².